The fourth-order valence-corrected chi connectivity index (χ4v) is 0.739. The Morgan fingerprint density at radius 2 is 2.33 bits per heavy atom. The normalized spacial score (nSPS) is 22.0. The molecule has 1 atom stereocenters. The molecule has 0 aromatic carbocycles. The minimum Gasteiger partial charge on any atom is -0.330 e. The van der Waals surface area contributed by atoms with E-state index < -0.39 is 0 Å². The maximum Gasteiger partial charge on any atom is 0.00683 e. The van der Waals surface area contributed by atoms with Crippen LogP contribution >= 0.6 is 0 Å². The summed E-state index contributed by atoms with van der Waals surface area (Å²) in [6.07, 6.45) is 2.74. The summed E-state index contributed by atoms with van der Waals surface area (Å²) in [5.41, 5.74) is 5.44. The standard InChI is InChI=1S/C7H16N2/c1-6(4-8)5-9-7-2-3-7/h6-7,9H,2-5,8H2,1H3. The van der Waals surface area contributed by atoms with Crippen molar-refractivity contribution in [3.8, 4) is 0 Å². The Labute approximate surface area is 56.8 Å². The summed E-state index contributed by atoms with van der Waals surface area (Å²) in [4.78, 5) is 0. The van der Waals surface area contributed by atoms with Crippen LogP contribution in [0.4, 0.5) is 0 Å². The van der Waals surface area contributed by atoms with Gasteiger partial charge in [-0.25, -0.2) is 0 Å². The zero-order chi connectivity index (χ0) is 6.69. The first kappa shape index (κ1) is 7.03. The predicted molar refractivity (Wildman–Crippen MR) is 39.2 cm³/mol. The Kier molecular flexibility index (Phi) is 2.49. The molecule has 0 spiro atoms. The Morgan fingerprint density at radius 1 is 1.67 bits per heavy atom. The van der Waals surface area contributed by atoms with Crippen molar-refractivity contribution < 1.29 is 0 Å². The quantitative estimate of drug-likeness (QED) is 0.572. The molecular weight excluding hydrogens is 112 g/mol. The van der Waals surface area contributed by atoms with E-state index in [1.165, 1.54) is 12.8 Å². The van der Waals surface area contributed by atoms with Crippen molar-refractivity contribution >= 4 is 0 Å². The average Bonchev–Trinajstić information content (AvgIpc) is 2.65. The molecule has 0 aliphatic heterocycles. The van der Waals surface area contributed by atoms with Gasteiger partial charge in [0.25, 0.3) is 0 Å². The van der Waals surface area contributed by atoms with Gasteiger partial charge in [-0.3, -0.25) is 0 Å². The second-order valence-electron chi connectivity index (χ2n) is 3.02. The summed E-state index contributed by atoms with van der Waals surface area (Å²) >= 11 is 0. The maximum absolute atomic E-state index is 5.44. The van der Waals surface area contributed by atoms with Crippen LogP contribution in [0.5, 0.6) is 0 Å². The lowest BCUT2D eigenvalue weighted by atomic mass is 10.2. The molecule has 1 aliphatic carbocycles. The lowest BCUT2D eigenvalue weighted by Crippen LogP contribution is -2.27. The van der Waals surface area contributed by atoms with Crippen molar-refractivity contribution in [2.24, 2.45) is 11.7 Å². The molecule has 0 radical (unpaired) electrons. The number of rotatable bonds is 4. The van der Waals surface area contributed by atoms with Crippen LogP contribution in [0.1, 0.15) is 19.8 Å². The van der Waals surface area contributed by atoms with E-state index in [2.05, 4.69) is 12.2 Å². The number of hydrogen-bond donors (Lipinski definition) is 2. The van der Waals surface area contributed by atoms with Crippen molar-refractivity contribution in [3.63, 3.8) is 0 Å². The molecule has 0 heterocycles. The van der Waals surface area contributed by atoms with Gasteiger partial charge in [-0.15, -0.1) is 0 Å². The second kappa shape index (κ2) is 3.18. The van der Waals surface area contributed by atoms with Crippen molar-refractivity contribution in [1.82, 2.24) is 5.32 Å². The second-order valence-corrected chi connectivity index (χ2v) is 3.02. The highest BCUT2D eigenvalue weighted by Crippen LogP contribution is 2.18. The first-order valence-corrected chi connectivity index (χ1v) is 3.76. The van der Waals surface area contributed by atoms with E-state index >= 15 is 0 Å². The number of nitrogens with two attached hydrogens (primary N) is 1. The SMILES string of the molecule is CC(CN)CNC1CC1. The van der Waals surface area contributed by atoms with E-state index in [-0.39, 0.29) is 0 Å². The van der Waals surface area contributed by atoms with Gasteiger partial charge in [-0.05, 0) is 31.8 Å². The Balaban J connectivity index is 1.90. The molecule has 9 heavy (non-hydrogen) atoms. The van der Waals surface area contributed by atoms with Crippen LogP contribution < -0.4 is 11.1 Å². The van der Waals surface area contributed by atoms with Gasteiger partial charge in [0.2, 0.25) is 0 Å². The molecule has 2 heteroatoms. The zero-order valence-corrected chi connectivity index (χ0v) is 6.06. The van der Waals surface area contributed by atoms with Gasteiger partial charge in [0.15, 0.2) is 0 Å². The molecule has 54 valence electrons. The largest absolute Gasteiger partial charge is 0.330 e. The maximum atomic E-state index is 5.44. The van der Waals surface area contributed by atoms with E-state index in [0.29, 0.717) is 5.92 Å². The van der Waals surface area contributed by atoms with Crippen LogP contribution in [-0.4, -0.2) is 19.1 Å². The van der Waals surface area contributed by atoms with Gasteiger partial charge in [0.05, 0.1) is 0 Å². The van der Waals surface area contributed by atoms with E-state index in [4.69, 9.17) is 5.73 Å². The highest BCUT2D eigenvalue weighted by Gasteiger charge is 2.20. The summed E-state index contributed by atoms with van der Waals surface area (Å²) in [5.74, 6) is 0.644. The highest BCUT2D eigenvalue weighted by atomic mass is 14.9. The first-order valence-electron chi connectivity index (χ1n) is 3.76. The molecule has 0 bridgehead atoms. The molecule has 0 saturated heterocycles. The summed E-state index contributed by atoms with van der Waals surface area (Å²) in [5, 5.41) is 3.43. The van der Waals surface area contributed by atoms with E-state index in [1.54, 1.807) is 0 Å². The monoisotopic (exact) mass is 128 g/mol. The Morgan fingerprint density at radius 3 is 2.78 bits per heavy atom. The van der Waals surface area contributed by atoms with Gasteiger partial charge in [-0.2, -0.15) is 0 Å². The van der Waals surface area contributed by atoms with Crippen LogP contribution in [0.15, 0.2) is 0 Å². The molecule has 1 fully saturated rings. The molecule has 0 aromatic rings. The van der Waals surface area contributed by atoms with Crippen molar-refractivity contribution in [2.75, 3.05) is 13.1 Å². The van der Waals surface area contributed by atoms with Gasteiger partial charge in [0.1, 0.15) is 0 Å². The Hall–Kier alpha value is -0.0800. The lowest BCUT2D eigenvalue weighted by Gasteiger charge is -2.07. The third-order valence-electron chi connectivity index (χ3n) is 1.73. The minimum atomic E-state index is 0.644. The minimum absolute atomic E-state index is 0.644. The molecule has 0 aromatic heterocycles. The summed E-state index contributed by atoms with van der Waals surface area (Å²) < 4.78 is 0. The molecular formula is C7H16N2. The topological polar surface area (TPSA) is 38.0 Å². The smallest absolute Gasteiger partial charge is 0.00683 e. The molecule has 3 N–H and O–H groups in total. The van der Waals surface area contributed by atoms with E-state index in [0.717, 1.165) is 19.1 Å². The van der Waals surface area contributed by atoms with E-state index in [1.807, 2.05) is 0 Å². The van der Waals surface area contributed by atoms with Crippen LogP contribution in [0.2, 0.25) is 0 Å². The summed E-state index contributed by atoms with van der Waals surface area (Å²) in [6, 6.07) is 0.832. The third-order valence-corrected chi connectivity index (χ3v) is 1.73. The molecule has 1 unspecified atom stereocenters. The van der Waals surface area contributed by atoms with Crippen LogP contribution in [0, 0.1) is 5.92 Å². The van der Waals surface area contributed by atoms with Crippen molar-refractivity contribution in [1.29, 1.82) is 0 Å². The summed E-state index contributed by atoms with van der Waals surface area (Å²) in [7, 11) is 0. The van der Waals surface area contributed by atoms with Crippen molar-refractivity contribution in [3.05, 3.63) is 0 Å². The van der Waals surface area contributed by atoms with Gasteiger partial charge < -0.3 is 11.1 Å². The van der Waals surface area contributed by atoms with Crippen LogP contribution in [0.25, 0.3) is 0 Å². The van der Waals surface area contributed by atoms with Gasteiger partial charge >= 0.3 is 0 Å². The molecule has 2 nitrogen and oxygen atoms in total. The van der Waals surface area contributed by atoms with E-state index in [9.17, 15) is 0 Å². The lowest BCUT2D eigenvalue weighted by molar-refractivity contribution is 0.520. The average molecular weight is 128 g/mol. The molecule has 1 aliphatic rings. The van der Waals surface area contributed by atoms with Gasteiger partial charge in [-0.1, -0.05) is 6.92 Å². The number of hydrogen-bond acceptors (Lipinski definition) is 2. The zero-order valence-electron chi connectivity index (χ0n) is 6.06. The number of nitrogens with one attached hydrogen (secondary N) is 1. The van der Waals surface area contributed by atoms with Crippen molar-refractivity contribution in [2.45, 2.75) is 25.8 Å². The fraction of sp³-hybridized carbons (Fsp3) is 1.00. The Bertz CT molecular complexity index is 79.0. The van der Waals surface area contributed by atoms with Crippen LogP contribution in [-0.2, 0) is 0 Å². The molecule has 1 rings (SSSR count). The highest BCUT2D eigenvalue weighted by molar-refractivity contribution is 4.81. The predicted octanol–water partition coefficient (Wildman–Crippen LogP) is 0.333. The van der Waals surface area contributed by atoms with Crippen LogP contribution in [0.3, 0.4) is 0 Å². The first-order chi connectivity index (χ1) is 4.33. The van der Waals surface area contributed by atoms with Gasteiger partial charge in [0, 0.05) is 6.04 Å². The fourth-order valence-electron chi connectivity index (χ4n) is 0.739. The summed E-state index contributed by atoms with van der Waals surface area (Å²) in [6.45, 7) is 4.08. The molecule has 0 amide bonds. The third kappa shape index (κ3) is 2.82. The molecule has 1 saturated carbocycles.